The molecular formula is C18H20O8. The van der Waals surface area contributed by atoms with E-state index in [1.165, 1.54) is 28.4 Å². The zero-order valence-electron chi connectivity index (χ0n) is 15.0. The van der Waals surface area contributed by atoms with E-state index in [9.17, 15) is 9.59 Å². The van der Waals surface area contributed by atoms with Gasteiger partial charge in [-0.15, -0.1) is 0 Å². The SMILES string of the molecule is COC1=C(OC)C(=C[C@@H]2CCC=C[C@@]23OC(=O)C(OC)=C3OC)OC1=O. The van der Waals surface area contributed by atoms with Crippen molar-refractivity contribution in [1.82, 2.24) is 0 Å². The highest BCUT2D eigenvalue weighted by Gasteiger charge is 2.54. The molecule has 0 saturated carbocycles. The van der Waals surface area contributed by atoms with Crippen LogP contribution in [-0.4, -0.2) is 46.0 Å². The van der Waals surface area contributed by atoms with Gasteiger partial charge in [0.05, 0.1) is 28.4 Å². The van der Waals surface area contributed by atoms with Gasteiger partial charge in [-0.1, -0.05) is 6.08 Å². The molecule has 0 aromatic rings. The van der Waals surface area contributed by atoms with Gasteiger partial charge in [0.15, 0.2) is 17.1 Å². The third kappa shape index (κ3) is 2.53. The fourth-order valence-corrected chi connectivity index (χ4v) is 3.44. The molecule has 8 heteroatoms. The topological polar surface area (TPSA) is 89.5 Å². The predicted molar refractivity (Wildman–Crippen MR) is 87.0 cm³/mol. The minimum Gasteiger partial charge on any atom is -0.493 e. The maximum absolute atomic E-state index is 12.2. The fraction of sp³-hybridized carbons (Fsp3) is 0.444. The van der Waals surface area contributed by atoms with Crippen LogP contribution in [0.3, 0.4) is 0 Å². The summed E-state index contributed by atoms with van der Waals surface area (Å²) in [4.78, 5) is 24.2. The van der Waals surface area contributed by atoms with E-state index >= 15 is 0 Å². The Hall–Kier alpha value is -2.90. The first-order valence-corrected chi connectivity index (χ1v) is 8.02. The molecule has 0 aromatic carbocycles. The van der Waals surface area contributed by atoms with Crippen molar-refractivity contribution in [2.45, 2.75) is 18.4 Å². The zero-order valence-corrected chi connectivity index (χ0v) is 15.0. The van der Waals surface area contributed by atoms with Gasteiger partial charge in [-0.3, -0.25) is 0 Å². The van der Waals surface area contributed by atoms with Crippen LogP contribution in [0.2, 0.25) is 0 Å². The number of hydrogen-bond donors (Lipinski definition) is 0. The summed E-state index contributed by atoms with van der Waals surface area (Å²) in [6.07, 6.45) is 6.76. The second-order valence-electron chi connectivity index (χ2n) is 5.82. The van der Waals surface area contributed by atoms with Crippen LogP contribution < -0.4 is 0 Å². The predicted octanol–water partition coefficient (Wildman–Crippen LogP) is 1.70. The van der Waals surface area contributed by atoms with Crippen LogP contribution in [-0.2, 0) is 38.0 Å². The van der Waals surface area contributed by atoms with Crippen LogP contribution in [0.1, 0.15) is 12.8 Å². The standard InChI is InChI=1S/C18H20O8/c1-21-12-11(25-16(19)13(12)22-2)9-10-7-5-6-8-18(10)15(24-4)14(23-3)17(20)26-18/h6,8-10H,5,7H2,1-4H3/t10-,18+/m0/s1. The molecular weight excluding hydrogens is 344 g/mol. The lowest BCUT2D eigenvalue weighted by molar-refractivity contribution is -0.150. The molecule has 1 aliphatic carbocycles. The van der Waals surface area contributed by atoms with E-state index in [4.69, 9.17) is 28.4 Å². The van der Waals surface area contributed by atoms with Crippen LogP contribution >= 0.6 is 0 Å². The minimum absolute atomic E-state index is 0.0114. The maximum atomic E-state index is 12.2. The van der Waals surface area contributed by atoms with Crippen molar-refractivity contribution in [3.8, 4) is 0 Å². The van der Waals surface area contributed by atoms with E-state index in [0.29, 0.717) is 6.42 Å². The number of carbonyl (C=O) groups excluding carboxylic acids is 2. The van der Waals surface area contributed by atoms with Gasteiger partial charge in [-0.2, -0.15) is 0 Å². The largest absolute Gasteiger partial charge is 0.493 e. The highest BCUT2D eigenvalue weighted by molar-refractivity contribution is 5.92. The molecule has 2 aliphatic heterocycles. The lowest BCUT2D eigenvalue weighted by Gasteiger charge is -2.35. The van der Waals surface area contributed by atoms with E-state index in [1.807, 2.05) is 6.08 Å². The van der Waals surface area contributed by atoms with E-state index in [2.05, 4.69) is 0 Å². The van der Waals surface area contributed by atoms with E-state index in [1.54, 1.807) is 12.2 Å². The summed E-state index contributed by atoms with van der Waals surface area (Å²) in [5.41, 5.74) is -1.16. The van der Waals surface area contributed by atoms with Crippen LogP contribution in [0.25, 0.3) is 0 Å². The molecule has 1 spiro atoms. The third-order valence-electron chi connectivity index (χ3n) is 4.56. The van der Waals surface area contributed by atoms with Crippen molar-refractivity contribution < 1.29 is 38.0 Å². The number of rotatable bonds is 5. The number of ether oxygens (including phenoxy) is 6. The molecule has 0 unspecified atom stereocenters. The van der Waals surface area contributed by atoms with Gasteiger partial charge in [-0.05, 0) is 25.0 Å². The second kappa shape index (κ2) is 6.78. The molecule has 0 radical (unpaired) electrons. The second-order valence-corrected chi connectivity index (χ2v) is 5.82. The van der Waals surface area contributed by atoms with E-state index in [-0.39, 0.29) is 34.7 Å². The number of carbonyl (C=O) groups is 2. The lowest BCUT2D eigenvalue weighted by atomic mass is 9.78. The molecule has 0 aromatic heterocycles. The monoisotopic (exact) mass is 364 g/mol. The lowest BCUT2D eigenvalue weighted by Crippen LogP contribution is -2.40. The summed E-state index contributed by atoms with van der Waals surface area (Å²) in [5.74, 6) is -0.908. The van der Waals surface area contributed by atoms with Gasteiger partial charge < -0.3 is 28.4 Å². The van der Waals surface area contributed by atoms with E-state index in [0.717, 1.165) is 6.42 Å². The number of hydrogen-bond acceptors (Lipinski definition) is 8. The molecule has 2 atom stereocenters. The minimum atomic E-state index is -1.16. The Morgan fingerprint density at radius 1 is 1.00 bits per heavy atom. The molecule has 2 heterocycles. The Morgan fingerprint density at radius 3 is 2.31 bits per heavy atom. The molecule has 0 saturated heterocycles. The number of methoxy groups -OCH3 is 4. The number of allylic oxidation sites excluding steroid dienone is 1. The highest BCUT2D eigenvalue weighted by Crippen LogP contribution is 2.46. The highest BCUT2D eigenvalue weighted by atomic mass is 16.6. The molecule has 0 N–H and O–H groups in total. The molecule has 8 nitrogen and oxygen atoms in total. The summed E-state index contributed by atoms with van der Waals surface area (Å²) in [5, 5.41) is 0. The first-order chi connectivity index (χ1) is 12.5. The van der Waals surface area contributed by atoms with Crippen molar-refractivity contribution in [2.75, 3.05) is 28.4 Å². The van der Waals surface area contributed by atoms with Gasteiger partial charge >= 0.3 is 11.9 Å². The van der Waals surface area contributed by atoms with Crippen molar-refractivity contribution in [1.29, 1.82) is 0 Å². The molecule has 26 heavy (non-hydrogen) atoms. The number of esters is 2. The van der Waals surface area contributed by atoms with Gasteiger partial charge in [0.25, 0.3) is 5.76 Å². The van der Waals surface area contributed by atoms with Gasteiger partial charge in [0.2, 0.25) is 11.5 Å². The summed E-state index contributed by atoms with van der Waals surface area (Å²) in [6.45, 7) is 0. The van der Waals surface area contributed by atoms with Crippen LogP contribution in [0.4, 0.5) is 0 Å². The number of cyclic esters (lactones) is 1. The molecule has 140 valence electrons. The van der Waals surface area contributed by atoms with Crippen molar-refractivity contribution >= 4 is 11.9 Å². The summed E-state index contributed by atoms with van der Waals surface area (Å²) in [6, 6.07) is 0. The first kappa shape index (κ1) is 17.9. The molecule has 0 bridgehead atoms. The Bertz CT molecular complexity index is 757. The smallest absolute Gasteiger partial charge is 0.383 e. The zero-order chi connectivity index (χ0) is 18.9. The summed E-state index contributed by atoms with van der Waals surface area (Å²) < 4.78 is 31.8. The Morgan fingerprint density at radius 2 is 1.69 bits per heavy atom. The van der Waals surface area contributed by atoms with Crippen molar-refractivity contribution in [2.24, 2.45) is 5.92 Å². The van der Waals surface area contributed by atoms with Crippen molar-refractivity contribution in [3.05, 3.63) is 47.0 Å². The average Bonchev–Trinajstić information content (AvgIpc) is 3.09. The van der Waals surface area contributed by atoms with Gasteiger partial charge in [0, 0.05) is 5.92 Å². The molecule has 0 amide bonds. The third-order valence-corrected chi connectivity index (χ3v) is 4.56. The van der Waals surface area contributed by atoms with Crippen LogP contribution in [0.15, 0.2) is 47.0 Å². The Labute approximate surface area is 150 Å². The van der Waals surface area contributed by atoms with Gasteiger partial charge in [-0.25, -0.2) is 9.59 Å². The Kier molecular flexibility index (Phi) is 4.67. The van der Waals surface area contributed by atoms with Gasteiger partial charge in [0.1, 0.15) is 0 Å². The fourth-order valence-electron chi connectivity index (χ4n) is 3.44. The van der Waals surface area contributed by atoms with Crippen molar-refractivity contribution in [3.63, 3.8) is 0 Å². The summed E-state index contributed by atoms with van der Waals surface area (Å²) in [7, 11) is 5.60. The quantitative estimate of drug-likeness (QED) is 0.538. The molecule has 3 aliphatic rings. The molecule has 0 fully saturated rings. The normalized spacial score (nSPS) is 29.4. The first-order valence-electron chi connectivity index (χ1n) is 8.02. The van der Waals surface area contributed by atoms with Crippen LogP contribution in [0, 0.1) is 5.92 Å². The van der Waals surface area contributed by atoms with E-state index < -0.39 is 17.5 Å². The van der Waals surface area contributed by atoms with Crippen LogP contribution in [0.5, 0.6) is 0 Å². The maximum Gasteiger partial charge on any atom is 0.383 e. The molecule has 3 rings (SSSR count). The Balaban J connectivity index is 2.07. The average molecular weight is 364 g/mol. The summed E-state index contributed by atoms with van der Waals surface area (Å²) >= 11 is 0.